The zero-order valence-electron chi connectivity index (χ0n) is 18.3. The lowest BCUT2D eigenvalue weighted by Gasteiger charge is -2.26. The summed E-state index contributed by atoms with van der Waals surface area (Å²) in [4.78, 5) is 23.4. The van der Waals surface area contributed by atoms with Crippen LogP contribution in [0.25, 0.3) is 11.3 Å². The molecule has 1 saturated heterocycles. The molecule has 3 heterocycles. The van der Waals surface area contributed by atoms with Gasteiger partial charge in [0, 0.05) is 44.0 Å². The Hall–Kier alpha value is -2.41. The van der Waals surface area contributed by atoms with Gasteiger partial charge >= 0.3 is 0 Å². The number of piperidine rings is 1. The Balaban J connectivity index is 0.00000181. The van der Waals surface area contributed by atoms with Crippen molar-refractivity contribution in [2.75, 3.05) is 19.7 Å². The minimum absolute atomic E-state index is 0. The molecule has 32 heavy (non-hydrogen) atoms. The maximum absolute atomic E-state index is 12.3. The molecule has 8 heteroatoms. The van der Waals surface area contributed by atoms with Crippen LogP contribution in [0.15, 0.2) is 59.7 Å². The van der Waals surface area contributed by atoms with Gasteiger partial charge in [-0.2, -0.15) is 4.98 Å². The second kappa shape index (κ2) is 12.6. The van der Waals surface area contributed by atoms with E-state index in [1.54, 1.807) is 19.4 Å². The van der Waals surface area contributed by atoms with Gasteiger partial charge in [-0.05, 0) is 49.2 Å². The predicted molar refractivity (Wildman–Crippen MR) is 132 cm³/mol. The summed E-state index contributed by atoms with van der Waals surface area (Å²) in [5, 5.41) is 0. The molecule has 1 aliphatic heterocycles. The maximum Gasteiger partial charge on any atom is 0.299 e. The molecule has 0 spiro atoms. The van der Waals surface area contributed by atoms with E-state index in [4.69, 9.17) is 4.74 Å². The highest BCUT2D eigenvalue weighted by Crippen LogP contribution is 2.17. The Kier molecular flexibility index (Phi) is 10.2. The van der Waals surface area contributed by atoms with Crippen molar-refractivity contribution in [1.82, 2.24) is 19.4 Å². The van der Waals surface area contributed by atoms with Gasteiger partial charge in [0.1, 0.15) is 0 Å². The van der Waals surface area contributed by atoms with Crippen molar-refractivity contribution in [2.24, 2.45) is 7.05 Å². The largest absolute Gasteiger partial charge is 0.464 e. The number of hydrogen-bond acceptors (Lipinski definition) is 5. The molecule has 1 aliphatic rings. The molecule has 6 nitrogen and oxygen atoms in total. The van der Waals surface area contributed by atoms with Crippen molar-refractivity contribution in [3.8, 4) is 17.3 Å². The third-order valence-corrected chi connectivity index (χ3v) is 5.57. The van der Waals surface area contributed by atoms with Crippen molar-refractivity contribution in [3.05, 3.63) is 76.3 Å². The van der Waals surface area contributed by atoms with Gasteiger partial charge in [-0.15, -0.1) is 24.8 Å². The lowest BCUT2D eigenvalue weighted by molar-refractivity contribution is 0.221. The Morgan fingerprint density at radius 2 is 1.59 bits per heavy atom. The molecular formula is C24H30Cl2N4O2. The van der Waals surface area contributed by atoms with Crippen LogP contribution in [-0.2, 0) is 20.0 Å². The fourth-order valence-electron chi connectivity index (χ4n) is 3.77. The third-order valence-electron chi connectivity index (χ3n) is 5.57. The minimum atomic E-state index is -0.145. The number of ether oxygens (including phenoxy) is 1. The Morgan fingerprint density at radius 1 is 0.938 bits per heavy atom. The lowest BCUT2D eigenvalue weighted by atomic mass is 10.1. The van der Waals surface area contributed by atoms with E-state index < -0.39 is 0 Å². The summed E-state index contributed by atoms with van der Waals surface area (Å²) in [5.41, 5.74) is 3.87. The van der Waals surface area contributed by atoms with Gasteiger partial charge < -0.3 is 4.74 Å². The summed E-state index contributed by atoms with van der Waals surface area (Å²) in [7, 11) is 1.68. The van der Waals surface area contributed by atoms with E-state index in [9.17, 15) is 4.79 Å². The zero-order valence-corrected chi connectivity index (χ0v) is 19.9. The van der Waals surface area contributed by atoms with Crippen LogP contribution in [0.5, 0.6) is 6.01 Å². The minimum Gasteiger partial charge on any atom is -0.464 e. The molecule has 4 rings (SSSR count). The van der Waals surface area contributed by atoms with Gasteiger partial charge in [-0.3, -0.25) is 19.2 Å². The van der Waals surface area contributed by atoms with E-state index in [0.717, 1.165) is 18.5 Å². The number of nitrogens with zero attached hydrogens (tertiary/aromatic N) is 4. The van der Waals surface area contributed by atoms with Gasteiger partial charge in [-0.1, -0.05) is 30.7 Å². The highest BCUT2D eigenvalue weighted by atomic mass is 35.5. The molecule has 0 amide bonds. The average Bonchev–Trinajstić information content (AvgIpc) is 2.79. The number of likely N-dealkylation sites (tertiary alicyclic amines) is 1. The molecule has 1 aromatic carbocycles. The number of halogens is 2. The van der Waals surface area contributed by atoms with Crippen molar-refractivity contribution >= 4 is 24.8 Å². The first-order valence-electron chi connectivity index (χ1n) is 10.6. The molecule has 0 atom stereocenters. The molecule has 172 valence electrons. The maximum atomic E-state index is 12.3. The van der Waals surface area contributed by atoms with Crippen LogP contribution in [0, 0.1) is 0 Å². The van der Waals surface area contributed by atoms with E-state index in [0.29, 0.717) is 18.3 Å². The Morgan fingerprint density at radius 3 is 2.28 bits per heavy atom. The summed E-state index contributed by atoms with van der Waals surface area (Å²) in [6.07, 6.45) is 8.12. The fraction of sp³-hybridized carbons (Fsp3) is 0.375. The smallest absolute Gasteiger partial charge is 0.299 e. The molecule has 3 aromatic rings. The van der Waals surface area contributed by atoms with Gasteiger partial charge in [0.2, 0.25) is 0 Å². The number of pyridine rings is 1. The monoisotopic (exact) mass is 476 g/mol. The van der Waals surface area contributed by atoms with E-state index in [1.165, 1.54) is 54.1 Å². The zero-order chi connectivity index (χ0) is 20.8. The molecule has 0 unspecified atom stereocenters. The Bertz CT molecular complexity index is 1020. The summed E-state index contributed by atoms with van der Waals surface area (Å²) in [5.74, 6) is 0. The summed E-state index contributed by atoms with van der Waals surface area (Å²) in [6, 6.07) is 14.3. The number of aromatic nitrogens is 3. The van der Waals surface area contributed by atoms with Crippen molar-refractivity contribution in [1.29, 1.82) is 0 Å². The SMILES string of the molecule is Cl.Cl.Cn1c(OCCc2ccc(CN3CCCCC3)cc2)nc(-c2ccncc2)cc1=O. The standard InChI is InChI=1S/C24H28N4O2.2ClH/c1-27-23(29)17-22(21-9-12-25-13-10-21)26-24(27)30-16-11-19-5-7-20(8-6-19)18-28-14-3-2-4-15-28;;/h5-10,12-13,17H,2-4,11,14-16,18H2,1H3;2*1H. The van der Waals surface area contributed by atoms with E-state index in [1.807, 2.05) is 12.1 Å². The lowest BCUT2D eigenvalue weighted by Crippen LogP contribution is -2.29. The second-order valence-electron chi connectivity index (χ2n) is 7.81. The van der Waals surface area contributed by atoms with Crippen LogP contribution in [0.1, 0.15) is 30.4 Å². The topological polar surface area (TPSA) is 60.2 Å². The van der Waals surface area contributed by atoms with Crippen molar-refractivity contribution in [3.63, 3.8) is 0 Å². The number of rotatable bonds is 7. The molecule has 1 fully saturated rings. The highest BCUT2D eigenvalue weighted by Gasteiger charge is 2.11. The predicted octanol–water partition coefficient (Wildman–Crippen LogP) is 4.29. The highest BCUT2D eigenvalue weighted by molar-refractivity contribution is 5.85. The van der Waals surface area contributed by atoms with Crippen molar-refractivity contribution < 1.29 is 4.74 Å². The molecular weight excluding hydrogens is 447 g/mol. The number of benzene rings is 1. The first kappa shape index (κ1) is 25.8. The van der Waals surface area contributed by atoms with Crippen LogP contribution >= 0.6 is 24.8 Å². The molecule has 2 aromatic heterocycles. The Labute approximate surface area is 201 Å². The van der Waals surface area contributed by atoms with Crippen molar-refractivity contribution in [2.45, 2.75) is 32.2 Å². The molecule has 0 aliphatic carbocycles. The molecule has 0 radical (unpaired) electrons. The summed E-state index contributed by atoms with van der Waals surface area (Å²) < 4.78 is 7.30. The van der Waals surface area contributed by atoms with Gasteiger partial charge in [0.05, 0.1) is 12.3 Å². The van der Waals surface area contributed by atoms with Gasteiger partial charge in [-0.25, -0.2) is 0 Å². The third kappa shape index (κ3) is 6.79. The molecule has 0 N–H and O–H groups in total. The van der Waals surface area contributed by atoms with Crippen LogP contribution in [0.3, 0.4) is 0 Å². The van der Waals surface area contributed by atoms with E-state index in [-0.39, 0.29) is 30.4 Å². The molecule has 0 bridgehead atoms. The van der Waals surface area contributed by atoms with Crippen LogP contribution < -0.4 is 10.3 Å². The van der Waals surface area contributed by atoms with E-state index in [2.05, 4.69) is 39.1 Å². The first-order chi connectivity index (χ1) is 14.7. The van der Waals surface area contributed by atoms with Crippen LogP contribution in [0.4, 0.5) is 0 Å². The number of hydrogen-bond donors (Lipinski definition) is 0. The average molecular weight is 477 g/mol. The quantitative estimate of drug-likeness (QED) is 0.508. The fourth-order valence-corrected chi connectivity index (χ4v) is 3.77. The first-order valence-corrected chi connectivity index (χ1v) is 10.6. The van der Waals surface area contributed by atoms with Crippen LogP contribution in [0.2, 0.25) is 0 Å². The second-order valence-corrected chi connectivity index (χ2v) is 7.81. The summed E-state index contributed by atoms with van der Waals surface area (Å²) >= 11 is 0. The summed E-state index contributed by atoms with van der Waals surface area (Å²) in [6.45, 7) is 3.91. The van der Waals surface area contributed by atoms with Crippen LogP contribution in [-0.4, -0.2) is 39.1 Å². The normalized spacial score (nSPS) is 13.7. The van der Waals surface area contributed by atoms with Gasteiger partial charge in [0.15, 0.2) is 0 Å². The van der Waals surface area contributed by atoms with Gasteiger partial charge in [0.25, 0.3) is 11.6 Å². The van der Waals surface area contributed by atoms with E-state index >= 15 is 0 Å². The molecule has 0 saturated carbocycles.